The first-order valence-corrected chi connectivity index (χ1v) is 9.53. The van der Waals surface area contributed by atoms with Gasteiger partial charge in [-0.25, -0.2) is 4.98 Å². The van der Waals surface area contributed by atoms with Crippen LogP contribution in [0.3, 0.4) is 0 Å². The highest BCUT2D eigenvalue weighted by molar-refractivity contribution is 9.10. The van der Waals surface area contributed by atoms with Crippen LogP contribution in [0.5, 0.6) is 5.75 Å². The van der Waals surface area contributed by atoms with Crippen molar-refractivity contribution in [2.45, 2.75) is 32.1 Å². The SMILES string of the molecule is O=C(Nc1ncccc1OCC1CCCCC1)c1sccc1Br. The van der Waals surface area contributed by atoms with Gasteiger partial charge in [0, 0.05) is 10.7 Å². The van der Waals surface area contributed by atoms with E-state index in [2.05, 4.69) is 26.2 Å². The smallest absolute Gasteiger partial charge is 0.268 e. The predicted molar refractivity (Wildman–Crippen MR) is 96.3 cm³/mol. The maximum absolute atomic E-state index is 12.3. The predicted octanol–water partition coefficient (Wildman–Crippen LogP) is 5.12. The zero-order chi connectivity index (χ0) is 16.1. The number of nitrogens with one attached hydrogen (secondary N) is 1. The molecule has 0 spiro atoms. The minimum absolute atomic E-state index is 0.173. The molecule has 6 heteroatoms. The van der Waals surface area contributed by atoms with Crippen LogP contribution < -0.4 is 10.1 Å². The van der Waals surface area contributed by atoms with Crippen molar-refractivity contribution >= 4 is 39.0 Å². The molecule has 1 aliphatic rings. The lowest BCUT2D eigenvalue weighted by Gasteiger charge is -2.22. The summed E-state index contributed by atoms with van der Waals surface area (Å²) in [4.78, 5) is 17.2. The molecule has 0 atom stereocenters. The van der Waals surface area contributed by atoms with Gasteiger partial charge in [0.2, 0.25) is 0 Å². The number of ether oxygens (including phenoxy) is 1. The summed E-state index contributed by atoms with van der Waals surface area (Å²) in [7, 11) is 0. The van der Waals surface area contributed by atoms with E-state index in [0.717, 1.165) is 4.47 Å². The van der Waals surface area contributed by atoms with Crippen molar-refractivity contribution in [3.8, 4) is 5.75 Å². The van der Waals surface area contributed by atoms with E-state index in [0.29, 0.717) is 29.0 Å². The fraction of sp³-hybridized carbons (Fsp3) is 0.412. The molecule has 0 saturated heterocycles. The third-order valence-corrected chi connectivity index (χ3v) is 5.86. The van der Waals surface area contributed by atoms with Gasteiger partial charge in [-0.2, -0.15) is 0 Å². The number of hydrogen-bond acceptors (Lipinski definition) is 4. The number of amides is 1. The second-order valence-corrected chi connectivity index (χ2v) is 7.49. The summed E-state index contributed by atoms with van der Waals surface area (Å²) in [6, 6.07) is 5.54. The van der Waals surface area contributed by atoms with Crippen LogP contribution in [0.4, 0.5) is 5.82 Å². The summed E-state index contributed by atoms with van der Waals surface area (Å²) in [5.74, 6) is 1.56. The third kappa shape index (κ3) is 4.32. The first-order chi connectivity index (χ1) is 11.2. The van der Waals surface area contributed by atoms with Crippen molar-refractivity contribution in [1.29, 1.82) is 0 Å². The van der Waals surface area contributed by atoms with E-state index in [1.165, 1.54) is 43.4 Å². The van der Waals surface area contributed by atoms with E-state index in [-0.39, 0.29) is 5.91 Å². The van der Waals surface area contributed by atoms with Crippen molar-refractivity contribution in [2.75, 3.05) is 11.9 Å². The monoisotopic (exact) mass is 394 g/mol. The van der Waals surface area contributed by atoms with Gasteiger partial charge in [0.25, 0.3) is 5.91 Å². The molecular weight excluding hydrogens is 376 g/mol. The number of carbonyl (C=O) groups is 1. The van der Waals surface area contributed by atoms with E-state index in [1.54, 1.807) is 6.20 Å². The average molecular weight is 395 g/mol. The Morgan fingerprint density at radius 3 is 2.91 bits per heavy atom. The number of thiophene rings is 1. The lowest BCUT2D eigenvalue weighted by atomic mass is 9.90. The fourth-order valence-corrected chi connectivity index (χ4v) is 4.23. The van der Waals surface area contributed by atoms with Crippen LogP contribution in [0.15, 0.2) is 34.2 Å². The minimum atomic E-state index is -0.173. The number of aromatic nitrogens is 1. The zero-order valence-corrected chi connectivity index (χ0v) is 15.2. The molecule has 0 aliphatic heterocycles. The Hall–Kier alpha value is -1.40. The number of carbonyl (C=O) groups excluding carboxylic acids is 1. The highest BCUT2D eigenvalue weighted by Crippen LogP contribution is 2.28. The van der Waals surface area contributed by atoms with Crippen LogP contribution in [0.2, 0.25) is 0 Å². The number of nitrogens with zero attached hydrogens (tertiary/aromatic N) is 1. The molecule has 2 heterocycles. The molecule has 0 radical (unpaired) electrons. The second-order valence-electron chi connectivity index (χ2n) is 5.72. The summed E-state index contributed by atoms with van der Waals surface area (Å²) >= 11 is 4.77. The molecule has 3 rings (SSSR count). The van der Waals surface area contributed by atoms with Crippen molar-refractivity contribution in [3.05, 3.63) is 39.1 Å². The van der Waals surface area contributed by atoms with Gasteiger partial charge in [0.1, 0.15) is 4.88 Å². The van der Waals surface area contributed by atoms with E-state index in [1.807, 2.05) is 23.6 Å². The molecule has 0 aromatic carbocycles. The topological polar surface area (TPSA) is 51.2 Å². The Bertz CT molecular complexity index is 668. The molecule has 2 aromatic rings. The molecule has 2 aromatic heterocycles. The lowest BCUT2D eigenvalue weighted by molar-refractivity contribution is 0.102. The summed E-state index contributed by atoms with van der Waals surface area (Å²) in [6.07, 6.45) is 8.02. The van der Waals surface area contributed by atoms with Gasteiger partial charge in [0.05, 0.1) is 6.61 Å². The quantitative estimate of drug-likeness (QED) is 0.765. The van der Waals surface area contributed by atoms with Gasteiger partial charge in [-0.05, 0) is 58.3 Å². The summed E-state index contributed by atoms with van der Waals surface area (Å²) < 4.78 is 6.73. The Labute approximate surface area is 148 Å². The van der Waals surface area contributed by atoms with Gasteiger partial charge >= 0.3 is 0 Å². The standard InChI is InChI=1S/C17H19BrN2O2S/c18-13-8-10-23-15(13)17(21)20-16-14(7-4-9-19-16)22-11-12-5-2-1-3-6-12/h4,7-10,12H,1-3,5-6,11H2,(H,19,20,21). The van der Waals surface area contributed by atoms with Crippen molar-refractivity contribution < 1.29 is 9.53 Å². The average Bonchev–Trinajstić information content (AvgIpc) is 3.01. The highest BCUT2D eigenvalue weighted by Gasteiger charge is 2.17. The van der Waals surface area contributed by atoms with Crippen LogP contribution in [0.1, 0.15) is 41.8 Å². The minimum Gasteiger partial charge on any atom is -0.489 e. The molecule has 1 aliphatic carbocycles. The summed E-state index contributed by atoms with van der Waals surface area (Å²) in [5.41, 5.74) is 0. The molecule has 122 valence electrons. The molecule has 1 N–H and O–H groups in total. The third-order valence-electron chi connectivity index (χ3n) is 4.03. The Balaban J connectivity index is 1.65. The van der Waals surface area contributed by atoms with E-state index >= 15 is 0 Å². The van der Waals surface area contributed by atoms with E-state index in [4.69, 9.17) is 4.74 Å². The van der Waals surface area contributed by atoms with Crippen LogP contribution in [0, 0.1) is 5.92 Å². The second kappa shape index (κ2) is 7.93. The van der Waals surface area contributed by atoms with Gasteiger partial charge in [-0.15, -0.1) is 11.3 Å². The number of pyridine rings is 1. The molecule has 1 fully saturated rings. The largest absolute Gasteiger partial charge is 0.489 e. The van der Waals surface area contributed by atoms with Gasteiger partial charge < -0.3 is 10.1 Å². The molecular formula is C17H19BrN2O2S. The maximum Gasteiger partial charge on any atom is 0.268 e. The number of halogens is 1. The molecule has 4 nitrogen and oxygen atoms in total. The molecule has 0 unspecified atom stereocenters. The van der Waals surface area contributed by atoms with E-state index < -0.39 is 0 Å². The Morgan fingerprint density at radius 2 is 2.17 bits per heavy atom. The van der Waals surface area contributed by atoms with Gasteiger partial charge in [-0.1, -0.05) is 19.3 Å². The number of anilines is 1. The van der Waals surface area contributed by atoms with Crippen molar-refractivity contribution in [2.24, 2.45) is 5.92 Å². The summed E-state index contributed by atoms with van der Waals surface area (Å²) in [6.45, 7) is 0.692. The van der Waals surface area contributed by atoms with Gasteiger partial charge in [0.15, 0.2) is 11.6 Å². The fourth-order valence-electron chi connectivity index (χ4n) is 2.78. The first-order valence-electron chi connectivity index (χ1n) is 7.86. The number of hydrogen-bond donors (Lipinski definition) is 1. The van der Waals surface area contributed by atoms with Crippen LogP contribution >= 0.6 is 27.3 Å². The van der Waals surface area contributed by atoms with Crippen molar-refractivity contribution in [3.63, 3.8) is 0 Å². The van der Waals surface area contributed by atoms with Crippen LogP contribution in [-0.2, 0) is 0 Å². The van der Waals surface area contributed by atoms with Crippen LogP contribution in [-0.4, -0.2) is 17.5 Å². The number of rotatable bonds is 5. The van der Waals surface area contributed by atoms with Gasteiger partial charge in [-0.3, -0.25) is 4.79 Å². The molecule has 1 amide bonds. The molecule has 0 bridgehead atoms. The molecule has 23 heavy (non-hydrogen) atoms. The maximum atomic E-state index is 12.3. The summed E-state index contributed by atoms with van der Waals surface area (Å²) in [5, 5.41) is 4.72. The van der Waals surface area contributed by atoms with Crippen LogP contribution in [0.25, 0.3) is 0 Å². The zero-order valence-electron chi connectivity index (χ0n) is 12.8. The highest BCUT2D eigenvalue weighted by atomic mass is 79.9. The normalized spacial score (nSPS) is 15.3. The first kappa shape index (κ1) is 16.5. The lowest BCUT2D eigenvalue weighted by Crippen LogP contribution is -2.17. The molecule has 1 saturated carbocycles. The van der Waals surface area contributed by atoms with Crippen molar-refractivity contribution in [1.82, 2.24) is 4.98 Å². The Kier molecular flexibility index (Phi) is 5.67. The van der Waals surface area contributed by atoms with E-state index in [9.17, 15) is 4.79 Å². The Morgan fingerprint density at radius 1 is 1.35 bits per heavy atom.